The fourth-order valence-electron chi connectivity index (χ4n) is 4.28. The third kappa shape index (κ3) is 4.70. The average molecular weight is 546 g/mol. The number of ether oxygens (including phenoxy) is 2. The van der Waals surface area contributed by atoms with E-state index >= 15 is 0 Å². The number of rotatable bonds is 6. The number of halogens is 3. The number of aliphatic hydroxyl groups excluding tert-OH is 1. The van der Waals surface area contributed by atoms with E-state index in [9.17, 15) is 24.2 Å². The van der Waals surface area contributed by atoms with Crippen molar-refractivity contribution >= 4 is 46.3 Å². The lowest BCUT2D eigenvalue weighted by molar-refractivity contribution is -0.132. The van der Waals surface area contributed by atoms with Crippen molar-refractivity contribution in [3.8, 4) is 17.2 Å². The van der Waals surface area contributed by atoms with Crippen LogP contribution >= 0.6 is 23.2 Å². The number of methoxy groups -OCH3 is 1. The van der Waals surface area contributed by atoms with Crippen LogP contribution in [0.3, 0.4) is 0 Å². The first-order valence-corrected chi connectivity index (χ1v) is 11.9. The monoisotopic (exact) mass is 545 g/mol. The van der Waals surface area contributed by atoms with E-state index in [-0.39, 0.29) is 50.7 Å². The lowest BCUT2D eigenvalue weighted by Crippen LogP contribution is -2.29. The second-order valence-corrected chi connectivity index (χ2v) is 9.07. The van der Waals surface area contributed by atoms with Gasteiger partial charge in [0.15, 0.2) is 11.5 Å². The highest BCUT2D eigenvalue weighted by Gasteiger charge is 2.47. The fraction of sp³-hybridized carbons (Fsp3) is 0.185. The number of ketones is 1. The summed E-state index contributed by atoms with van der Waals surface area (Å²) in [6.07, 6.45) is 0. The van der Waals surface area contributed by atoms with Gasteiger partial charge in [0.2, 0.25) is 0 Å². The van der Waals surface area contributed by atoms with Crippen LogP contribution in [0.4, 0.5) is 10.1 Å². The predicted molar refractivity (Wildman–Crippen MR) is 138 cm³/mol. The molecule has 1 unspecified atom stereocenters. The first-order chi connectivity index (χ1) is 17.6. The number of phenolic OH excluding ortho intramolecular Hbond substituents is 1. The number of aryl methyl sites for hydroxylation is 1. The number of amides is 1. The molecule has 4 rings (SSSR count). The van der Waals surface area contributed by atoms with Gasteiger partial charge in [0.05, 0.1) is 40.9 Å². The van der Waals surface area contributed by atoms with Gasteiger partial charge in [0.1, 0.15) is 17.3 Å². The summed E-state index contributed by atoms with van der Waals surface area (Å²) >= 11 is 12.3. The molecule has 0 aromatic heterocycles. The molecular weight excluding hydrogens is 524 g/mol. The Labute approximate surface area is 222 Å². The molecule has 0 saturated carbocycles. The Bertz CT molecular complexity index is 1460. The number of aliphatic hydroxyl groups is 1. The van der Waals surface area contributed by atoms with Gasteiger partial charge in [0.25, 0.3) is 11.7 Å². The molecule has 2 N–H and O–H groups in total. The van der Waals surface area contributed by atoms with E-state index in [0.29, 0.717) is 11.1 Å². The van der Waals surface area contributed by atoms with Gasteiger partial charge in [-0.25, -0.2) is 4.39 Å². The van der Waals surface area contributed by atoms with Crippen LogP contribution in [0, 0.1) is 12.7 Å². The van der Waals surface area contributed by atoms with E-state index in [1.165, 1.54) is 37.4 Å². The number of Topliss-reactive ketones (excluding diaryl/α,β-unsaturated/α-hetero) is 1. The minimum Gasteiger partial charge on any atom is -0.507 e. The van der Waals surface area contributed by atoms with Crippen LogP contribution < -0.4 is 14.4 Å². The molecule has 0 bridgehead atoms. The lowest BCUT2D eigenvalue weighted by atomic mass is 9.94. The van der Waals surface area contributed by atoms with E-state index < -0.39 is 29.3 Å². The molecule has 1 heterocycles. The van der Waals surface area contributed by atoms with E-state index in [4.69, 9.17) is 32.7 Å². The maximum Gasteiger partial charge on any atom is 0.300 e. The topological polar surface area (TPSA) is 96.3 Å². The molecule has 192 valence electrons. The normalized spacial score (nSPS) is 16.8. The Balaban J connectivity index is 2.03. The summed E-state index contributed by atoms with van der Waals surface area (Å²) in [6, 6.07) is 9.88. The SMILES string of the molecule is CCOc1cc(C2/C(=C(\O)c3cc(C)cc(Cl)c3OC)C(=O)C(=O)N2c2ccc(F)c(Cl)c2)ccc1O. The fourth-order valence-corrected chi connectivity index (χ4v) is 4.80. The number of carbonyl (C=O) groups excluding carboxylic acids is 2. The summed E-state index contributed by atoms with van der Waals surface area (Å²) in [5, 5.41) is 21.6. The molecule has 0 aliphatic carbocycles. The van der Waals surface area contributed by atoms with Crippen molar-refractivity contribution in [1.29, 1.82) is 0 Å². The van der Waals surface area contributed by atoms with Crippen LogP contribution in [-0.2, 0) is 9.59 Å². The van der Waals surface area contributed by atoms with Gasteiger partial charge in [-0.2, -0.15) is 0 Å². The summed E-state index contributed by atoms with van der Waals surface area (Å²) in [5.74, 6) is -3.13. The van der Waals surface area contributed by atoms with Gasteiger partial charge in [-0.15, -0.1) is 0 Å². The Kier molecular flexibility index (Phi) is 7.34. The van der Waals surface area contributed by atoms with E-state index in [0.717, 1.165) is 11.0 Å². The molecule has 1 aliphatic heterocycles. The molecule has 37 heavy (non-hydrogen) atoms. The minimum atomic E-state index is -1.19. The molecule has 1 saturated heterocycles. The quantitative estimate of drug-likeness (QED) is 0.218. The molecule has 1 atom stereocenters. The Hall–Kier alpha value is -3.75. The maximum absolute atomic E-state index is 13.9. The third-order valence-electron chi connectivity index (χ3n) is 5.87. The molecule has 0 radical (unpaired) electrons. The highest BCUT2D eigenvalue weighted by atomic mass is 35.5. The first-order valence-electron chi connectivity index (χ1n) is 11.1. The number of aromatic hydroxyl groups is 1. The molecule has 3 aromatic rings. The van der Waals surface area contributed by atoms with Gasteiger partial charge in [-0.1, -0.05) is 29.3 Å². The van der Waals surface area contributed by atoms with Gasteiger partial charge in [0, 0.05) is 5.69 Å². The zero-order chi connectivity index (χ0) is 27.0. The molecule has 0 spiro atoms. The largest absolute Gasteiger partial charge is 0.507 e. The number of carbonyl (C=O) groups is 2. The standard InChI is InChI=1S/C27H22Cl2FNO6/c1-4-37-21-11-14(5-8-20(21)32)23-22(24(33)16-9-13(2)10-18(29)26(16)36-3)25(34)27(35)31(23)15-6-7-19(30)17(28)12-15/h5-12,23,32-33H,4H2,1-3H3/b24-22+. The highest BCUT2D eigenvalue weighted by Crippen LogP contribution is 2.46. The first kappa shape index (κ1) is 26.3. The number of phenols is 1. The Morgan fingerprint density at radius 3 is 2.46 bits per heavy atom. The number of nitrogens with zero attached hydrogens (tertiary/aromatic N) is 1. The molecule has 1 aliphatic rings. The maximum atomic E-state index is 13.9. The molecule has 10 heteroatoms. The van der Waals surface area contributed by atoms with Crippen LogP contribution in [0.5, 0.6) is 17.2 Å². The second kappa shape index (κ2) is 10.3. The van der Waals surface area contributed by atoms with E-state index in [2.05, 4.69) is 0 Å². The van der Waals surface area contributed by atoms with E-state index in [1.807, 2.05) is 0 Å². The van der Waals surface area contributed by atoms with Crippen molar-refractivity contribution in [3.05, 3.63) is 86.7 Å². The molecule has 1 amide bonds. The van der Waals surface area contributed by atoms with Crippen LogP contribution in [-0.4, -0.2) is 35.6 Å². The molecule has 7 nitrogen and oxygen atoms in total. The summed E-state index contributed by atoms with van der Waals surface area (Å²) < 4.78 is 24.8. The predicted octanol–water partition coefficient (Wildman–Crippen LogP) is 6.18. The van der Waals surface area contributed by atoms with E-state index in [1.54, 1.807) is 26.0 Å². The Morgan fingerprint density at radius 2 is 1.81 bits per heavy atom. The second-order valence-electron chi connectivity index (χ2n) is 8.26. The summed E-state index contributed by atoms with van der Waals surface area (Å²) in [6.45, 7) is 3.71. The molecular formula is C27H22Cl2FNO6. The van der Waals surface area contributed by atoms with Gasteiger partial charge in [-0.3, -0.25) is 14.5 Å². The smallest absolute Gasteiger partial charge is 0.300 e. The number of hydrogen-bond acceptors (Lipinski definition) is 6. The van der Waals surface area contributed by atoms with Crippen molar-refractivity contribution in [3.63, 3.8) is 0 Å². The van der Waals surface area contributed by atoms with Gasteiger partial charge < -0.3 is 19.7 Å². The van der Waals surface area contributed by atoms with Crippen molar-refractivity contribution in [1.82, 2.24) is 0 Å². The van der Waals surface area contributed by atoms with Crippen LogP contribution in [0.2, 0.25) is 10.0 Å². The van der Waals surface area contributed by atoms with Crippen LogP contribution in [0.15, 0.2) is 54.1 Å². The summed E-state index contributed by atoms with van der Waals surface area (Å²) in [5.41, 5.74) is 0.972. The molecule has 3 aromatic carbocycles. The number of anilines is 1. The highest BCUT2D eigenvalue weighted by molar-refractivity contribution is 6.52. The summed E-state index contributed by atoms with van der Waals surface area (Å²) in [4.78, 5) is 27.9. The number of benzene rings is 3. The summed E-state index contributed by atoms with van der Waals surface area (Å²) in [7, 11) is 1.36. The van der Waals surface area contributed by atoms with Gasteiger partial charge >= 0.3 is 0 Å². The van der Waals surface area contributed by atoms with Crippen LogP contribution in [0.25, 0.3) is 5.76 Å². The Morgan fingerprint density at radius 1 is 1.08 bits per heavy atom. The average Bonchev–Trinajstić information content (AvgIpc) is 3.12. The minimum absolute atomic E-state index is 0.108. The zero-order valence-corrected chi connectivity index (χ0v) is 21.5. The molecule has 1 fully saturated rings. The third-order valence-corrected chi connectivity index (χ3v) is 6.44. The van der Waals surface area contributed by atoms with Crippen molar-refractivity contribution in [2.45, 2.75) is 19.9 Å². The lowest BCUT2D eigenvalue weighted by Gasteiger charge is -2.26. The number of hydrogen-bond donors (Lipinski definition) is 2. The van der Waals surface area contributed by atoms with Crippen LogP contribution in [0.1, 0.15) is 29.7 Å². The van der Waals surface area contributed by atoms with Gasteiger partial charge in [-0.05, 0) is 67.4 Å². The van der Waals surface area contributed by atoms with Crippen molar-refractivity contribution < 1.29 is 33.7 Å². The zero-order valence-electron chi connectivity index (χ0n) is 20.0. The van der Waals surface area contributed by atoms with Crippen molar-refractivity contribution in [2.24, 2.45) is 0 Å². The van der Waals surface area contributed by atoms with Crippen molar-refractivity contribution in [2.75, 3.05) is 18.6 Å².